The molecule has 2 rings (SSSR count). The molecule has 0 unspecified atom stereocenters. The fourth-order valence-corrected chi connectivity index (χ4v) is 2.46. The first-order chi connectivity index (χ1) is 7.34. The van der Waals surface area contributed by atoms with Crippen molar-refractivity contribution in [1.29, 1.82) is 0 Å². The molecule has 0 atom stereocenters. The van der Waals surface area contributed by atoms with E-state index in [1.807, 2.05) is 0 Å². The van der Waals surface area contributed by atoms with E-state index in [1.165, 1.54) is 43.4 Å². The first-order valence-corrected chi connectivity index (χ1v) is 6.11. The highest BCUT2D eigenvalue weighted by atomic mass is 14.9. The Hall–Kier alpha value is -0.820. The highest BCUT2D eigenvalue weighted by Gasteiger charge is 2.13. The van der Waals surface area contributed by atoms with Crippen LogP contribution >= 0.6 is 0 Å². The Morgan fingerprint density at radius 3 is 2.80 bits per heavy atom. The topological polar surface area (TPSA) is 12.0 Å². The molecule has 0 aliphatic heterocycles. The van der Waals surface area contributed by atoms with Crippen molar-refractivity contribution in [3.05, 3.63) is 35.4 Å². The molecule has 0 aromatic heterocycles. The molecule has 1 aliphatic carbocycles. The largest absolute Gasteiger partial charge is 0.312 e. The van der Waals surface area contributed by atoms with Crippen LogP contribution in [0.3, 0.4) is 0 Å². The Kier molecular flexibility index (Phi) is 3.79. The van der Waals surface area contributed by atoms with Crippen molar-refractivity contribution in [1.82, 2.24) is 5.32 Å². The zero-order valence-electron chi connectivity index (χ0n) is 9.63. The zero-order valence-corrected chi connectivity index (χ0v) is 9.63. The Labute approximate surface area is 92.9 Å². The molecule has 0 spiro atoms. The van der Waals surface area contributed by atoms with E-state index in [1.54, 1.807) is 0 Å². The van der Waals surface area contributed by atoms with E-state index in [9.17, 15) is 0 Å². The first kappa shape index (κ1) is 10.7. The van der Waals surface area contributed by atoms with Crippen LogP contribution in [0, 0.1) is 12.8 Å². The second-order valence-corrected chi connectivity index (χ2v) is 4.77. The van der Waals surface area contributed by atoms with Gasteiger partial charge in [-0.05, 0) is 37.8 Å². The average Bonchev–Trinajstić information content (AvgIpc) is 2.71. The van der Waals surface area contributed by atoms with Crippen molar-refractivity contribution >= 4 is 0 Å². The molecule has 0 heterocycles. The summed E-state index contributed by atoms with van der Waals surface area (Å²) in [5.41, 5.74) is 2.77. The maximum absolute atomic E-state index is 3.57. The fourth-order valence-electron chi connectivity index (χ4n) is 2.46. The van der Waals surface area contributed by atoms with E-state index < -0.39 is 0 Å². The van der Waals surface area contributed by atoms with E-state index in [0.29, 0.717) is 0 Å². The third-order valence-electron chi connectivity index (χ3n) is 3.32. The average molecular weight is 203 g/mol. The monoisotopic (exact) mass is 203 g/mol. The number of nitrogens with one attached hydrogen (secondary N) is 1. The summed E-state index contributed by atoms with van der Waals surface area (Å²) in [7, 11) is 0. The lowest BCUT2D eigenvalue weighted by atomic mass is 10.1. The van der Waals surface area contributed by atoms with E-state index in [-0.39, 0.29) is 0 Å². The number of rotatable bonds is 4. The van der Waals surface area contributed by atoms with Gasteiger partial charge in [0.1, 0.15) is 0 Å². The molecule has 0 bridgehead atoms. The minimum Gasteiger partial charge on any atom is -0.312 e. The van der Waals surface area contributed by atoms with Crippen LogP contribution < -0.4 is 5.32 Å². The Bertz CT molecular complexity index is 300. The summed E-state index contributed by atoms with van der Waals surface area (Å²) < 4.78 is 0. The van der Waals surface area contributed by atoms with Crippen molar-refractivity contribution in [2.24, 2.45) is 5.92 Å². The van der Waals surface area contributed by atoms with Gasteiger partial charge in [0, 0.05) is 6.54 Å². The van der Waals surface area contributed by atoms with Gasteiger partial charge in [-0.2, -0.15) is 0 Å². The molecule has 0 saturated heterocycles. The maximum Gasteiger partial charge on any atom is 0.0205 e. The summed E-state index contributed by atoms with van der Waals surface area (Å²) in [6.45, 7) is 4.38. The Morgan fingerprint density at radius 2 is 2.07 bits per heavy atom. The Morgan fingerprint density at radius 1 is 1.27 bits per heavy atom. The van der Waals surface area contributed by atoms with Gasteiger partial charge in [-0.1, -0.05) is 42.7 Å². The van der Waals surface area contributed by atoms with Gasteiger partial charge in [-0.3, -0.25) is 0 Å². The van der Waals surface area contributed by atoms with Crippen molar-refractivity contribution < 1.29 is 0 Å². The summed E-state index contributed by atoms with van der Waals surface area (Å²) in [5.74, 6) is 0.940. The van der Waals surface area contributed by atoms with Gasteiger partial charge in [-0.15, -0.1) is 0 Å². The molecule has 1 aliphatic rings. The molecule has 1 N–H and O–H groups in total. The lowest BCUT2D eigenvalue weighted by Crippen LogP contribution is -2.20. The van der Waals surface area contributed by atoms with Gasteiger partial charge in [0.25, 0.3) is 0 Å². The number of hydrogen-bond acceptors (Lipinski definition) is 1. The minimum atomic E-state index is 0.940. The van der Waals surface area contributed by atoms with E-state index in [2.05, 4.69) is 36.5 Å². The van der Waals surface area contributed by atoms with Crippen molar-refractivity contribution in [2.45, 2.75) is 39.2 Å². The molecular weight excluding hydrogens is 182 g/mol. The van der Waals surface area contributed by atoms with Crippen molar-refractivity contribution in [3.8, 4) is 0 Å². The highest BCUT2D eigenvalue weighted by molar-refractivity contribution is 5.21. The normalized spacial score (nSPS) is 17.1. The van der Waals surface area contributed by atoms with Gasteiger partial charge in [0.05, 0.1) is 0 Å². The first-order valence-electron chi connectivity index (χ1n) is 6.11. The molecule has 15 heavy (non-hydrogen) atoms. The zero-order chi connectivity index (χ0) is 10.5. The molecule has 1 heteroatoms. The second-order valence-electron chi connectivity index (χ2n) is 4.77. The standard InChI is InChI=1S/C14H21N/c1-12-5-4-8-14(9-12)11-15-10-13-6-2-3-7-13/h4-5,8-9,13,15H,2-3,6-7,10-11H2,1H3. The summed E-state index contributed by atoms with van der Waals surface area (Å²) in [4.78, 5) is 0. The quantitative estimate of drug-likeness (QED) is 0.792. The van der Waals surface area contributed by atoms with Crippen LogP contribution in [-0.4, -0.2) is 6.54 Å². The van der Waals surface area contributed by atoms with Crippen LogP contribution in [0.25, 0.3) is 0 Å². The van der Waals surface area contributed by atoms with E-state index in [0.717, 1.165) is 12.5 Å². The second kappa shape index (κ2) is 5.32. The maximum atomic E-state index is 3.57. The third kappa shape index (κ3) is 3.35. The molecule has 82 valence electrons. The van der Waals surface area contributed by atoms with Crippen LogP contribution in [0.15, 0.2) is 24.3 Å². The van der Waals surface area contributed by atoms with Crippen LogP contribution in [-0.2, 0) is 6.54 Å². The minimum absolute atomic E-state index is 0.940. The molecule has 1 fully saturated rings. The van der Waals surface area contributed by atoms with Gasteiger partial charge < -0.3 is 5.32 Å². The SMILES string of the molecule is Cc1cccc(CNCC2CCCC2)c1. The lowest BCUT2D eigenvalue weighted by molar-refractivity contribution is 0.489. The lowest BCUT2D eigenvalue weighted by Gasteiger charge is -2.10. The van der Waals surface area contributed by atoms with Gasteiger partial charge in [0.15, 0.2) is 0 Å². The predicted octanol–water partition coefficient (Wildman–Crippen LogP) is 3.27. The molecule has 1 nitrogen and oxygen atoms in total. The molecule has 1 aromatic carbocycles. The van der Waals surface area contributed by atoms with E-state index in [4.69, 9.17) is 0 Å². The molecule has 1 aromatic rings. The van der Waals surface area contributed by atoms with Gasteiger partial charge in [0.2, 0.25) is 0 Å². The van der Waals surface area contributed by atoms with Crippen LogP contribution in [0.2, 0.25) is 0 Å². The number of hydrogen-bond donors (Lipinski definition) is 1. The highest BCUT2D eigenvalue weighted by Crippen LogP contribution is 2.23. The summed E-state index contributed by atoms with van der Waals surface area (Å²) in [5, 5.41) is 3.57. The smallest absolute Gasteiger partial charge is 0.0205 e. The van der Waals surface area contributed by atoms with Crippen LogP contribution in [0.4, 0.5) is 0 Å². The number of aryl methyl sites for hydroxylation is 1. The molecule has 0 amide bonds. The van der Waals surface area contributed by atoms with Crippen LogP contribution in [0.5, 0.6) is 0 Å². The van der Waals surface area contributed by atoms with Gasteiger partial charge >= 0.3 is 0 Å². The van der Waals surface area contributed by atoms with Gasteiger partial charge in [-0.25, -0.2) is 0 Å². The fraction of sp³-hybridized carbons (Fsp3) is 0.571. The van der Waals surface area contributed by atoms with E-state index >= 15 is 0 Å². The summed E-state index contributed by atoms with van der Waals surface area (Å²) in [6, 6.07) is 8.76. The Balaban J connectivity index is 1.73. The van der Waals surface area contributed by atoms with Crippen molar-refractivity contribution in [2.75, 3.05) is 6.54 Å². The molecule has 0 radical (unpaired) electrons. The molecular formula is C14H21N. The summed E-state index contributed by atoms with van der Waals surface area (Å²) >= 11 is 0. The number of benzene rings is 1. The van der Waals surface area contributed by atoms with Crippen LogP contribution in [0.1, 0.15) is 36.8 Å². The third-order valence-corrected chi connectivity index (χ3v) is 3.32. The summed E-state index contributed by atoms with van der Waals surface area (Å²) in [6.07, 6.45) is 5.75. The molecule has 1 saturated carbocycles. The predicted molar refractivity (Wildman–Crippen MR) is 64.8 cm³/mol. The van der Waals surface area contributed by atoms with Crippen molar-refractivity contribution in [3.63, 3.8) is 0 Å².